The van der Waals surface area contributed by atoms with Crippen molar-refractivity contribution >= 4 is 17.5 Å². The summed E-state index contributed by atoms with van der Waals surface area (Å²) >= 11 is 5.54. The van der Waals surface area contributed by atoms with E-state index in [0.717, 1.165) is 18.4 Å². The van der Waals surface area contributed by atoms with Crippen LogP contribution >= 0.6 is 11.6 Å². The van der Waals surface area contributed by atoms with E-state index in [0.29, 0.717) is 30.0 Å². The summed E-state index contributed by atoms with van der Waals surface area (Å²) in [7, 11) is 0. The van der Waals surface area contributed by atoms with Crippen molar-refractivity contribution in [1.29, 1.82) is 0 Å². The first-order chi connectivity index (χ1) is 8.54. The molecule has 0 radical (unpaired) electrons. The summed E-state index contributed by atoms with van der Waals surface area (Å²) in [4.78, 5) is 11.5. The molecule has 0 spiro atoms. The van der Waals surface area contributed by atoms with Crippen molar-refractivity contribution in [3.8, 4) is 0 Å². The number of unbranched alkanes of at least 4 members (excludes halogenated alkanes) is 1. The number of rotatable bonds is 6. The van der Waals surface area contributed by atoms with Gasteiger partial charge in [0.25, 0.3) is 0 Å². The van der Waals surface area contributed by atoms with E-state index in [1.54, 1.807) is 26.0 Å². The standard InChI is InChI=1S/C14H19ClFNO/c1-10-7-12(8-11(2)14(10)16)9-17-13(18)5-3-4-6-15/h7-8H,3-6,9H2,1-2H3,(H,17,18). The molecule has 0 aliphatic carbocycles. The normalized spacial score (nSPS) is 10.4. The number of hydrogen-bond donors (Lipinski definition) is 1. The van der Waals surface area contributed by atoms with Crippen molar-refractivity contribution in [2.75, 3.05) is 5.88 Å². The van der Waals surface area contributed by atoms with Crippen LogP contribution in [0.5, 0.6) is 0 Å². The van der Waals surface area contributed by atoms with E-state index >= 15 is 0 Å². The second-order valence-corrected chi connectivity index (χ2v) is 4.84. The van der Waals surface area contributed by atoms with E-state index in [4.69, 9.17) is 11.6 Å². The van der Waals surface area contributed by atoms with Gasteiger partial charge in [0.2, 0.25) is 5.91 Å². The number of amides is 1. The van der Waals surface area contributed by atoms with Crippen molar-refractivity contribution in [1.82, 2.24) is 5.32 Å². The second kappa shape index (κ2) is 7.37. The van der Waals surface area contributed by atoms with Gasteiger partial charge in [-0.25, -0.2) is 4.39 Å². The molecule has 1 N–H and O–H groups in total. The summed E-state index contributed by atoms with van der Waals surface area (Å²) in [6.45, 7) is 3.91. The third kappa shape index (κ3) is 4.65. The maximum absolute atomic E-state index is 13.4. The van der Waals surface area contributed by atoms with Crippen LogP contribution in [0.25, 0.3) is 0 Å². The van der Waals surface area contributed by atoms with Crippen LogP contribution in [0.15, 0.2) is 12.1 Å². The molecule has 0 heterocycles. The molecule has 0 aromatic heterocycles. The van der Waals surface area contributed by atoms with Crippen LogP contribution in [0.4, 0.5) is 4.39 Å². The molecular formula is C14H19ClFNO. The Bertz CT molecular complexity index is 397. The highest BCUT2D eigenvalue weighted by molar-refractivity contribution is 6.17. The van der Waals surface area contributed by atoms with E-state index in [1.807, 2.05) is 0 Å². The molecule has 1 aromatic rings. The third-order valence-corrected chi connectivity index (χ3v) is 3.04. The van der Waals surface area contributed by atoms with E-state index in [2.05, 4.69) is 5.32 Å². The fourth-order valence-corrected chi connectivity index (χ4v) is 2.00. The number of benzene rings is 1. The number of aryl methyl sites for hydroxylation is 2. The highest BCUT2D eigenvalue weighted by atomic mass is 35.5. The van der Waals surface area contributed by atoms with Crippen LogP contribution in [0.3, 0.4) is 0 Å². The number of carbonyl (C=O) groups is 1. The molecule has 1 aromatic carbocycles. The van der Waals surface area contributed by atoms with Gasteiger partial charge in [0, 0.05) is 18.8 Å². The Labute approximate surface area is 113 Å². The lowest BCUT2D eigenvalue weighted by Gasteiger charge is -2.08. The van der Waals surface area contributed by atoms with Crippen molar-refractivity contribution < 1.29 is 9.18 Å². The highest BCUT2D eigenvalue weighted by Crippen LogP contribution is 2.14. The van der Waals surface area contributed by atoms with E-state index in [1.165, 1.54) is 0 Å². The van der Waals surface area contributed by atoms with Crippen molar-refractivity contribution in [3.05, 3.63) is 34.6 Å². The molecule has 0 atom stereocenters. The summed E-state index contributed by atoms with van der Waals surface area (Å²) in [6, 6.07) is 3.53. The molecule has 1 amide bonds. The maximum Gasteiger partial charge on any atom is 0.220 e. The lowest BCUT2D eigenvalue weighted by atomic mass is 10.1. The van der Waals surface area contributed by atoms with Gasteiger partial charge < -0.3 is 5.32 Å². The van der Waals surface area contributed by atoms with Gasteiger partial charge in [-0.1, -0.05) is 12.1 Å². The third-order valence-electron chi connectivity index (χ3n) is 2.77. The van der Waals surface area contributed by atoms with Gasteiger partial charge in [-0.05, 0) is 43.4 Å². The molecule has 0 saturated carbocycles. The molecule has 0 saturated heterocycles. The molecular weight excluding hydrogens is 253 g/mol. The number of nitrogens with one attached hydrogen (secondary N) is 1. The van der Waals surface area contributed by atoms with Crippen LogP contribution in [0, 0.1) is 19.7 Å². The molecule has 0 aliphatic heterocycles. The van der Waals surface area contributed by atoms with Crippen molar-refractivity contribution in [2.24, 2.45) is 0 Å². The van der Waals surface area contributed by atoms with Crippen molar-refractivity contribution in [3.63, 3.8) is 0 Å². The van der Waals surface area contributed by atoms with Crippen LogP contribution in [0.1, 0.15) is 36.0 Å². The first-order valence-electron chi connectivity index (χ1n) is 6.13. The Morgan fingerprint density at radius 1 is 1.28 bits per heavy atom. The van der Waals surface area contributed by atoms with Gasteiger partial charge in [0.05, 0.1) is 0 Å². The fraction of sp³-hybridized carbons (Fsp3) is 0.500. The highest BCUT2D eigenvalue weighted by Gasteiger charge is 2.05. The average molecular weight is 272 g/mol. The van der Waals surface area contributed by atoms with E-state index < -0.39 is 0 Å². The first kappa shape index (κ1) is 15.0. The molecule has 0 bridgehead atoms. The SMILES string of the molecule is Cc1cc(CNC(=O)CCCCCl)cc(C)c1F. The Hall–Kier alpha value is -1.09. The minimum Gasteiger partial charge on any atom is -0.352 e. The quantitative estimate of drug-likeness (QED) is 0.623. The largest absolute Gasteiger partial charge is 0.352 e. The first-order valence-corrected chi connectivity index (χ1v) is 6.66. The predicted molar refractivity (Wildman–Crippen MR) is 72.3 cm³/mol. The van der Waals surface area contributed by atoms with Gasteiger partial charge in [-0.3, -0.25) is 4.79 Å². The second-order valence-electron chi connectivity index (χ2n) is 4.47. The van der Waals surface area contributed by atoms with Crippen LogP contribution in [-0.2, 0) is 11.3 Å². The van der Waals surface area contributed by atoms with E-state index in [9.17, 15) is 9.18 Å². The van der Waals surface area contributed by atoms with Gasteiger partial charge in [0.1, 0.15) is 5.82 Å². The molecule has 0 fully saturated rings. The molecule has 0 unspecified atom stereocenters. The summed E-state index contributed by atoms with van der Waals surface area (Å²) in [5, 5.41) is 2.83. The monoisotopic (exact) mass is 271 g/mol. The minimum absolute atomic E-state index is 0.0137. The smallest absolute Gasteiger partial charge is 0.220 e. The van der Waals surface area contributed by atoms with Crippen LogP contribution in [0.2, 0.25) is 0 Å². The zero-order chi connectivity index (χ0) is 13.5. The summed E-state index contributed by atoms with van der Waals surface area (Å²) in [6.07, 6.45) is 2.15. The number of halogens is 2. The molecule has 0 aliphatic rings. The summed E-state index contributed by atoms with van der Waals surface area (Å²) < 4.78 is 13.4. The van der Waals surface area contributed by atoms with Gasteiger partial charge in [-0.15, -0.1) is 11.6 Å². The van der Waals surface area contributed by atoms with E-state index in [-0.39, 0.29) is 11.7 Å². The molecule has 100 valence electrons. The number of alkyl halides is 1. The average Bonchev–Trinajstić information content (AvgIpc) is 2.33. The molecule has 1 rings (SSSR count). The predicted octanol–water partition coefficient (Wildman–Crippen LogP) is 3.47. The lowest BCUT2D eigenvalue weighted by molar-refractivity contribution is -0.121. The summed E-state index contributed by atoms with van der Waals surface area (Å²) in [5.74, 6) is 0.427. The number of hydrogen-bond acceptors (Lipinski definition) is 1. The Morgan fingerprint density at radius 2 is 1.89 bits per heavy atom. The lowest BCUT2D eigenvalue weighted by Crippen LogP contribution is -2.22. The van der Waals surface area contributed by atoms with Gasteiger partial charge in [-0.2, -0.15) is 0 Å². The number of carbonyl (C=O) groups excluding carboxylic acids is 1. The summed E-state index contributed by atoms with van der Waals surface area (Å²) in [5.41, 5.74) is 2.15. The van der Waals surface area contributed by atoms with Crippen LogP contribution < -0.4 is 5.32 Å². The van der Waals surface area contributed by atoms with Crippen LogP contribution in [-0.4, -0.2) is 11.8 Å². The Morgan fingerprint density at radius 3 is 2.44 bits per heavy atom. The molecule has 18 heavy (non-hydrogen) atoms. The Balaban J connectivity index is 2.46. The van der Waals surface area contributed by atoms with Gasteiger partial charge >= 0.3 is 0 Å². The zero-order valence-electron chi connectivity index (χ0n) is 10.9. The Kier molecular flexibility index (Phi) is 6.13. The molecule has 4 heteroatoms. The minimum atomic E-state index is -0.174. The van der Waals surface area contributed by atoms with Gasteiger partial charge in [0.15, 0.2) is 0 Å². The zero-order valence-corrected chi connectivity index (χ0v) is 11.6. The maximum atomic E-state index is 13.4. The topological polar surface area (TPSA) is 29.1 Å². The molecule has 2 nitrogen and oxygen atoms in total. The fourth-order valence-electron chi connectivity index (χ4n) is 1.81. The van der Waals surface area contributed by atoms with Crippen molar-refractivity contribution in [2.45, 2.75) is 39.7 Å².